The Hall–Kier alpha value is -0.650. The Kier molecular flexibility index (Phi) is 6.02. The first-order valence-electron chi connectivity index (χ1n) is 8.14. The van der Waals surface area contributed by atoms with Crippen molar-refractivity contribution in [2.75, 3.05) is 32.1 Å². The van der Waals surface area contributed by atoms with E-state index in [4.69, 9.17) is 4.98 Å². The minimum absolute atomic E-state index is 0.523. The average molecular weight is 311 g/mol. The molecule has 21 heavy (non-hydrogen) atoms. The molecule has 1 aromatic heterocycles. The Balaban J connectivity index is 2.08. The van der Waals surface area contributed by atoms with Crippen molar-refractivity contribution in [2.45, 2.75) is 58.7 Å². The van der Waals surface area contributed by atoms with Gasteiger partial charge in [0.15, 0.2) is 5.13 Å². The molecule has 1 saturated heterocycles. The van der Waals surface area contributed by atoms with E-state index in [1.807, 2.05) is 11.3 Å². The van der Waals surface area contributed by atoms with Crippen molar-refractivity contribution in [3.8, 4) is 0 Å². The Morgan fingerprint density at radius 3 is 2.76 bits per heavy atom. The molecule has 0 aliphatic carbocycles. The molecule has 2 heterocycles. The summed E-state index contributed by atoms with van der Waals surface area (Å²) in [7, 11) is 4.35. The molecule has 0 spiro atoms. The van der Waals surface area contributed by atoms with Gasteiger partial charge in [-0.05, 0) is 26.9 Å². The molecule has 120 valence electrons. The third kappa shape index (κ3) is 4.41. The van der Waals surface area contributed by atoms with Crippen LogP contribution in [0.3, 0.4) is 0 Å². The first-order chi connectivity index (χ1) is 10.0. The van der Waals surface area contributed by atoms with Crippen LogP contribution < -0.4 is 10.2 Å². The fraction of sp³-hybridized carbons (Fsp3) is 0.812. The Labute approximate surface area is 133 Å². The fourth-order valence-electron chi connectivity index (χ4n) is 2.71. The van der Waals surface area contributed by atoms with Crippen molar-refractivity contribution < 1.29 is 0 Å². The summed E-state index contributed by atoms with van der Waals surface area (Å²) in [5.41, 5.74) is 1.30. The summed E-state index contributed by atoms with van der Waals surface area (Å²) in [6, 6.07) is 1.19. The minimum atomic E-state index is 0.523. The smallest absolute Gasteiger partial charge is 0.185 e. The number of hydrogen-bond donors (Lipinski definition) is 1. The van der Waals surface area contributed by atoms with Crippen LogP contribution in [0.25, 0.3) is 0 Å². The first kappa shape index (κ1) is 16.7. The van der Waals surface area contributed by atoms with Gasteiger partial charge in [-0.25, -0.2) is 4.98 Å². The number of rotatable bonds is 7. The summed E-state index contributed by atoms with van der Waals surface area (Å²) in [6.45, 7) is 9.83. The summed E-state index contributed by atoms with van der Waals surface area (Å²) in [5.74, 6) is 0. The predicted octanol–water partition coefficient (Wildman–Crippen LogP) is 2.73. The molecule has 0 aromatic carbocycles. The van der Waals surface area contributed by atoms with E-state index in [0.717, 1.165) is 32.5 Å². The van der Waals surface area contributed by atoms with Crippen LogP contribution in [-0.4, -0.2) is 49.2 Å². The van der Waals surface area contributed by atoms with Gasteiger partial charge < -0.3 is 15.1 Å². The van der Waals surface area contributed by atoms with Gasteiger partial charge in [-0.15, -0.1) is 11.3 Å². The van der Waals surface area contributed by atoms with Gasteiger partial charge in [0.2, 0.25) is 0 Å². The normalized spacial score (nSPS) is 19.2. The molecule has 2 rings (SSSR count). The van der Waals surface area contributed by atoms with Gasteiger partial charge in [-0.1, -0.05) is 27.2 Å². The quantitative estimate of drug-likeness (QED) is 0.839. The second-order valence-electron chi connectivity index (χ2n) is 6.50. The van der Waals surface area contributed by atoms with E-state index < -0.39 is 0 Å². The van der Waals surface area contributed by atoms with Crippen LogP contribution in [0.4, 0.5) is 5.13 Å². The largest absolute Gasteiger partial charge is 0.346 e. The van der Waals surface area contributed by atoms with Crippen LogP contribution in [0.5, 0.6) is 0 Å². The number of aromatic nitrogens is 1. The lowest BCUT2D eigenvalue weighted by Crippen LogP contribution is -2.31. The fourth-order valence-corrected chi connectivity index (χ4v) is 3.80. The van der Waals surface area contributed by atoms with Crippen LogP contribution in [0.2, 0.25) is 0 Å². The summed E-state index contributed by atoms with van der Waals surface area (Å²) in [5, 5.41) is 4.76. The first-order valence-corrected chi connectivity index (χ1v) is 8.96. The predicted molar refractivity (Wildman–Crippen MR) is 92.4 cm³/mol. The zero-order valence-corrected chi connectivity index (χ0v) is 15.0. The van der Waals surface area contributed by atoms with E-state index >= 15 is 0 Å². The monoisotopic (exact) mass is 310 g/mol. The molecule has 1 aliphatic rings. The highest BCUT2D eigenvalue weighted by molar-refractivity contribution is 7.15. The van der Waals surface area contributed by atoms with Gasteiger partial charge in [0, 0.05) is 36.6 Å². The highest BCUT2D eigenvalue weighted by Gasteiger charge is 2.26. The third-order valence-electron chi connectivity index (χ3n) is 4.09. The molecule has 1 N–H and O–H groups in total. The van der Waals surface area contributed by atoms with Crippen LogP contribution in [0.15, 0.2) is 0 Å². The van der Waals surface area contributed by atoms with Gasteiger partial charge >= 0.3 is 0 Å². The molecule has 1 aliphatic heterocycles. The standard InChI is InChI=1S/C16H30N4S/c1-6-7-14-15(10-17-12(2)3)21-16(18-14)20-9-8-13(11-20)19(4)5/h12-13,17H,6-11H2,1-5H3. The van der Waals surface area contributed by atoms with Crippen molar-refractivity contribution >= 4 is 16.5 Å². The minimum Gasteiger partial charge on any atom is -0.346 e. The molecular weight excluding hydrogens is 280 g/mol. The number of nitrogens with one attached hydrogen (secondary N) is 1. The molecule has 0 amide bonds. The third-order valence-corrected chi connectivity index (χ3v) is 5.25. The number of hydrogen-bond acceptors (Lipinski definition) is 5. The molecule has 0 bridgehead atoms. The SMILES string of the molecule is CCCc1nc(N2CCC(N(C)C)C2)sc1CNC(C)C. The molecule has 1 aromatic rings. The van der Waals surface area contributed by atoms with Crippen molar-refractivity contribution in [1.29, 1.82) is 0 Å². The lowest BCUT2D eigenvalue weighted by atomic mass is 10.2. The maximum atomic E-state index is 4.94. The van der Waals surface area contributed by atoms with Crippen LogP contribution in [0, 0.1) is 0 Å². The van der Waals surface area contributed by atoms with Gasteiger partial charge in [0.1, 0.15) is 0 Å². The number of aryl methyl sites for hydroxylation is 1. The number of anilines is 1. The summed E-state index contributed by atoms with van der Waals surface area (Å²) in [4.78, 5) is 11.2. The molecule has 0 saturated carbocycles. The second-order valence-corrected chi connectivity index (χ2v) is 7.57. The van der Waals surface area contributed by atoms with Crippen molar-refractivity contribution in [1.82, 2.24) is 15.2 Å². The number of nitrogens with zero attached hydrogens (tertiary/aromatic N) is 3. The molecule has 1 atom stereocenters. The van der Waals surface area contributed by atoms with E-state index in [0.29, 0.717) is 12.1 Å². The molecule has 5 heteroatoms. The van der Waals surface area contributed by atoms with Crippen molar-refractivity contribution in [3.63, 3.8) is 0 Å². The zero-order chi connectivity index (χ0) is 15.4. The lowest BCUT2D eigenvalue weighted by Gasteiger charge is -2.19. The van der Waals surface area contributed by atoms with Gasteiger partial charge in [0.25, 0.3) is 0 Å². The second kappa shape index (κ2) is 7.56. The average Bonchev–Trinajstić information content (AvgIpc) is 3.03. The van der Waals surface area contributed by atoms with Gasteiger partial charge in [0.05, 0.1) is 5.69 Å². The van der Waals surface area contributed by atoms with E-state index in [1.54, 1.807) is 0 Å². The zero-order valence-electron chi connectivity index (χ0n) is 14.1. The van der Waals surface area contributed by atoms with Gasteiger partial charge in [-0.3, -0.25) is 0 Å². The summed E-state index contributed by atoms with van der Waals surface area (Å²) in [6.07, 6.45) is 3.50. The van der Waals surface area contributed by atoms with Crippen LogP contribution in [-0.2, 0) is 13.0 Å². The highest BCUT2D eigenvalue weighted by atomic mass is 32.1. The van der Waals surface area contributed by atoms with E-state index in [1.165, 1.54) is 22.1 Å². The maximum Gasteiger partial charge on any atom is 0.185 e. The van der Waals surface area contributed by atoms with E-state index in [9.17, 15) is 0 Å². The number of likely N-dealkylation sites (N-methyl/N-ethyl adjacent to an activating group) is 1. The topological polar surface area (TPSA) is 31.4 Å². The van der Waals surface area contributed by atoms with E-state index in [-0.39, 0.29) is 0 Å². The molecule has 4 nitrogen and oxygen atoms in total. The van der Waals surface area contributed by atoms with Crippen molar-refractivity contribution in [3.05, 3.63) is 10.6 Å². The van der Waals surface area contributed by atoms with E-state index in [2.05, 4.69) is 50.0 Å². The Morgan fingerprint density at radius 1 is 1.43 bits per heavy atom. The molecular formula is C16H30N4S. The van der Waals surface area contributed by atoms with Crippen LogP contribution in [0.1, 0.15) is 44.2 Å². The number of thiazole rings is 1. The lowest BCUT2D eigenvalue weighted by molar-refractivity contribution is 0.315. The van der Waals surface area contributed by atoms with Gasteiger partial charge in [-0.2, -0.15) is 0 Å². The van der Waals surface area contributed by atoms with Crippen LogP contribution >= 0.6 is 11.3 Å². The summed E-state index contributed by atoms with van der Waals surface area (Å²) < 4.78 is 0. The Morgan fingerprint density at radius 2 is 2.19 bits per heavy atom. The highest BCUT2D eigenvalue weighted by Crippen LogP contribution is 2.30. The maximum absolute atomic E-state index is 4.94. The summed E-state index contributed by atoms with van der Waals surface area (Å²) >= 11 is 1.89. The van der Waals surface area contributed by atoms with Crippen molar-refractivity contribution in [2.24, 2.45) is 0 Å². The molecule has 1 fully saturated rings. The molecule has 0 radical (unpaired) electrons. The molecule has 1 unspecified atom stereocenters. The Bertz CT molecular complexity index is 441.